The van der Waals surface area contributed by atoms with Gasteiger partial charge in [-0.1, -0.05) is 0 Å². The van der Waals surface area contributed by atoms with Crippen molar-refractivity contribution in [2.75, 3.05) is 26.7 Å². The number of aryl methyl sites for hydroxylation is 1. The van der Waals surface area contributed by atoms with Crippen molar-refractivity contribution in [3.63, 3.8) is 0 Å². The predicted molar refractivity (Wildman–Crippen MR) is 72.3 cm³/mol. The lowest BCUT2D eigenvalue weighted by atomic mass is 10.0. The number of ether oxygens (including phenoxy) is 1. The van der Waals surface area contributed by atoms with Gasteiger partial charge in [0.05, 0.1) is 13.1 Å². The molecule has 1 aromatic heterocycles. The molecule has 2 aliphatic heterocycles. The number of hydrogen-bond donors (Lipinski definition) is 0. The number of hydrogen-bond acceptors (Lipinski definition) is 5. The maximum Gasteiger partial charge on any atom is 0.410 e. The molecule has 0 unspecified atom stereocenters. The highest BCUT2D eigenvalue weighted by molar-refractivity contribution is 5.77. The van der Waals surface area contributed by atoms with E-state index in [9.17, 15) is 9.59 Å². The van der Waals surface area contributed by atoms with E-state index in [4.69, 9.17) is 4.74 Å². The summed E-state index contributed by atoms with van der Waals surface area (Å²) in [6, 6.07) is 0. The molecule has 21 heavy (non-hydrogen) atoms. The lowest BCUT2D eigenvalue weighted by molar-refractivity contribution is -0.131. The third-order valence-corrected chi connectivity index (χ3v) is 4.05. The molecule has 1 spiro atoms. The molecule has 8 nitrogen and oxygen atoms in total. The number of amides is 2. The number of nitrogens with zero attached hydrogens (tertiary/aromatic N) is 5. The second-order valence-electron chi connectivity index (χ2n) is 5.73. The van der Waals surface area contributed by atoms with E-state index in [1.165, 1.54) is 6.33 Å². The summed E-state index contributed by atoms with van der Waals surface area (Å²) in [5.41, 5.74) is -0.493. The summed E-state index contributed by atoms with van der Waals surface area (Å²) >= 11 is 0. The van der Waals surface area contributed by atoms with Crippen LogP contribution in [0.25, 0.3) is 0 Å². The van der Waals surface area contributed by atoms with Crippen LogP contribution >= 0.6 is 0 Å². The van der Waals surface area contributed by atoms with Gasteiger partial charge in [0.1, 0.15) is 12.7 Å². The van der Waals surface area contributed by atoms with Gasteiger partial charge in [0.15, 0.2) is 5.60 Å². The molecule has 0 saturated carbocycles. The summed E-state index contributed by atoms with van der Waals surface area (Å²) < 4.78 is 7.15. The highest BCUT2D eigenvalue weighted by Crippen LogP contribution is 2.32. The molecule has 0 aliphatic carbocycles. The molecule has 1 aromatic rings. The van der Waals surface area contributed by atoms with E-state index in [1.54, 1.807) is 27.9 Å². The van der Waals surface area contributed by atoms with E-state index in [-0.39, 0.29) is 12.0 Å². The fourth-order valence-corrected chi connectivity index (χ4v) is 2.96. The van der Waals surface area contributed by atoms with Crippen molar-refractivity contribution >= 4 is 12.0 Å². The average Bonchev–Trinajstić information content (AvgIpc) is 3.13. The number of likely N-dealkylation sites (tertiary alicyclic amines) is 1. The Morgan fingerprint density at radius 2 is 2.33 bits per heavy atom. The lowest BCUT2D eigenvalue weighted by Crippen LogP contribution is -2.39. The molecule has 2 fully saturated rings. The Bertz CT molecular complexity index is 532. The number of likely N-dealkylation sites (N-methyl/N-ethyl adjacent to an activating group) is 1. The first-order valence-electron chi connectivity index (χ1n) is 7.12. The molecule has 0 N–H and O–H groups in total. The molecule has 0 radical (unpaired) electrons. The van der Waals surface area contributed by atoms with E-state index in [0.29, 0.717) is 32.6 Å². The zero-order valence-electron chi connectivity index (χ0n) is 12.1. The fraction of sp³-hybridized carbons (Fsp3) is 0.692. The quantitative estimate of drug-likeness (QED) is 0.787. The predicted octanol–water partition coefficient (Wildman–Crippen LogP) is 0.111. The van der Waals surface area contributed by atoms with E-state index >= 15 is 0 Å². The van der Waals surface area contributed by atoms with Crippen LogP contribution in [-0.2, 0) is 16.1 Å². The van der Waals surface area contributed by atoms with E-state index < -0.39 is 5.60 Å². The van der Waals surface area contributed by atoms with Crippen molar-refractivity contribution in [3.05, 3.63) is 12.7 Å². The van der Waals surface area contributed by atoms with Crippen LogP contribution < -0.4 is 0 Å². The number of carbonyl (C=O) groups excluding carboxylic acids is 2. The van der Waals surface area contributed by atoms with Gasteiger partial charge in [-0.2, -0.15) is 5.10 Å². The zero-order chi connectivity index (χ0) is 14.9. The molecule has 3 heterocycles. The smallest absolute Gasteiger partial charge is 0.410 e. The molecule has 0 aromatic carbocycles. The Hall–Kier alpha value is -2.12. The molecular weight excluding hydrogens is 274 g/mol. The third-order valence-electron chi connectivity index (χ3n) is 4.05. The first-order valence-corrected chi connectivity index (χ1v) is 7.12. The Labute approximate surface area is 122 Å². The molecule has 2 saturated heterocycles. The van der Waals surface area contributed by atoms with Gasteiger partial charge in [-0.15, -0.1) is 0 Å². The average molecular weight is 293 g/mol. The van der Waals surface area contributed by atoms with Crippen LogP contribution in [-0.4, -0.2) is 68.8 Å². The number of aromatic nitrogens is 3. The van der Waals surface area contributed by atoms with Crippen LogP contribution in [0, 0.1) is 0 Å². The van der Waals surface area contributed by atoms with Crippen molar-refractivity contribution in [1.29, 1.82) is 0 Å². The van der Waals surface area contributed by atoms with Gasteiger partial charge >= 0.3 is 6.09 Å². The normalized spacial score (nSPS) is 24.9. The molecule has 8 heteroatoms. The van der Waals surface area contributed by atoms with Gasteiger partial charge < -0.3 is 14.5 Å². The van der Waals surface area contributed by atoms with Crippen LogP contribution in [0.3, 0.4) is 0 Å². The van der Waals surface area contributed by atoms with Crippen LogP contribution in [0.5, 0.6) is 0 Å². The van der Waals surface area contributed by atoms with Gasteiger partial charge in [0.25, 0.3) is 0 Å². The summed E-state index contributed by atoms with van der Waals surface area (Å²) in [5, 5.41) is 4.00. The molecular formula is C13H19N5O3. The topological polar surface area (TPSA) is 80.6 Å². The van der Waals surface area contributed by atoms with Crippen molar-refractivity contribution in [1.82, 2.24) is 24.6 Å². The SMILES string of the molecule is CN1C[C@]2(CCN(C(=O)CCCn3cncn3)C2)OC1=O. The highest BCUT2D eigenvalue weighted by Gasteiger charge is 2.49. The van der Waals surface area contributed by atoms with Crippen LogP contribution in [0.1, 0.15) is 19.3 Å². The van der Waals surface area contributed by atoms with Crippen molar-refractivity contribution in [3.8, 4) is 0 Å². The van der Waals surface area contributed by atoms with Crippen molar-refractivity contribution < 1.29 is 14.3 Å². The zero-order valence-corrected chi connectivity index (χ0v) is 12.1. The first kappa shape index (κ1) is 13.8. The lowest BCUT2D eigenvalue weighted by Gasteiger charge is -2.21. The third kappa shape index (κ3) is 2.84. The Morgan fingerprint density at radius 3 is 3.00 bits per heavy atom. The Balaban J connectivity index is 1.47. The molecule has 0 bridgehead atoms. The summed E-state index contributed by atoms with van der Waals surface area (Å²) in [4.78, 5) is 30.9. The maximum atomic E-state index is 12.2. The largest absolute Gasteiger partial charge is 0.439 e. The Kier molecular flexibility index (Phi) is 3.52. The number of rotatable bonds is 4. The first-order chi connectivity index (χ1) is 10.1. The molecule has 2 amide bonds. The minimum atomic E-state index is -0.493. The fourth-order valence-electron chi connectivity index (χ4n) is 2.96. The van der Waals surface area contributed by atoms with E-state index in [1.807, 2.05) is 0 Å². The van der Waals surface area contributed by atoms with Gasteiger partial charge in [0.2, 0.25) is 5.91 Å². The number of carbonyl (C=O) groups is 2. The van der Waals surface area contributed by atoms with Gasteiger partial charge in [-0.05, 0) is 6.42 Å². The van der Waals surface area contributed by atoms with E-state index in [2.05, 4.69) is 10.1 Å². The molecule has 2 aliphatic rings. The van der Waals surface area contributed by atoms with Crippen LogP contribution in [0.15, 0.2) is 12.7 Å². The van der Waals surface area contributed by atoms with E-state index in [0.717, 1.165) is 12.8 Å². The van der Waals surface area contributed by atoms with Crippen molar-refractivity contribution in [2.45, 2.75) is 31.4 Å². The van der Waals surface area contributed by atoms with Crippen molar-refractivity contribution in [2.24, 2.45) is 0 Å². The van der Waals surface area contributed by atoms with Gasteiger partial charge in [-0.25, -0.2) is 9.78 Å². The highest BCUT2D eigenvalue weighted by atomic mass is 16.6. The Morgan fingerprint density at radius 1 is 1.48 bits per heavy atom. The molecule has 114 valence electrons. The summed E-state index contributed by atoms with van der Waals surface area (Å²) in [5.74, 6) is 0.109. The van der Waals surface area contributed by atoms with Crippen LogP contribution in [0.2, 0.25) is 0 Å². The minimum Gasteiger partial charge on any atom is -0.439 e. The minimum absolute atomic E-state index is 0.109. The molecule has 3 rings (SSSR count). The second kappa shape index (κ2) is 5.34. The standard InChI is InChI=1S/C13H19N5O3/c1-16-7-13(21-12(16)20)4-6-17(8-13)11(19)3-2-5-18-10-14-9-15-18/h9-10H,2-8H2,1H3/t13-/m0/s1. The summed E-state index contributed by atoms with van der Waals surface area (Å²) in [7, 11) is 1.72. The maximum absolute atomic E-state index is 12.2. The molecule has 1 atom stereocenters. The van der Waals surface area contributed by atoms with Crippen LogP contribution in [0.4, 0.5) is 4.79 Å². The summed E-state index contributed by atoms with van der Waals surface area (Å²) in [6.07, 6.45) is 4.75. The van der Waals surface area contributed by atoms with Gasteiger partial charge in [0, 0.05) is 33.0 Å². The second-order valence-corrected chi connectivity index (χ2v) is 5.73. The summed E-state index contributed by atoms with van der Waals surface area (Å²) in [6.45, 7) is 2.41. The monoisotopic (exact) mass is 293 g/mol. The van der Waals surface area contributed by atoms with Gasteiger partial charge in [-0.3, -0.25) is 9.48 Å².